The summed E-state index contributed by atoms with van der Waals surface area (Å²) >= 11 is 0. The van der Waals surface area contributed by atoms with Crippen LogP contribution in [-0.2, 0) is 12.7 Å². The molecule has 0 atom stereocenters. The lowest BCUT2D eigenvalue weighted by molar-refractivity contribution is -0.154. The molecule has 31 heavy (non-hydrogen) atoms. The van der Waals surface area contributed by atoms with Crippen LogP contribution >= 0.6 is 0 Å². The first-order valence-electron chi connectivity index (χ1n) is 10.0. The molecule has 8 heteroatoms. The molecule has 3 aromatic rings. The largest absolute Gasteiger partial charge is 0.507 e. The monoisotopic (exact) mass is 433 g/mol. The van der Waals surface area contributed by atoms with Crippen molar-refractivity contribution in [2.24, 2.45) is 0 Å². The van der Waals surface area contributed by atoms with Gasteiger partial charge in [0, 0.05) is 6.54 Å². The number of ether oxygens (including phenoxy) is 1. The number of phenolic OH excluding ortho intramolecular Hbond substituents is 1. The van der Waals surface area contributed by atoms with Crippen molar-refractivity contribution >= 4 is 11.0 Å². The number of aryl methyl sites for hydroxylation is 2. The fourth-order valence-electron chi connectivity index (χ4n) is 3.99. The number of rotatable bonds is 4. The lowest BCUT2D eigenvalue weighted by atomic mass is 10.1. The molecule has 5 nitrogen and oxygen atoms in total. The Morgan fingerprint density at radius 3 is 2.35 bits per heavy atom. The standard InChI is InChI=1S/C23H22F3NO4/c1-13-9-14(2)11-15(10-13)30-21-19(29)16-5-6-18(28)17(12-27-7-3-4-8-27)20(16)31-22(21)23(24,25)26/h5-6,9-11,28H,3-4,7-8,12H2,1-2H3. The Kier molecular flexibility index (Phi) is 5.43. The van der Waals surface area contributed by atoms with Crippen LogP contribution in [0.4, 0.5) is 13.2 Å². The molecule has 0 radical (unpaired) electrons. The molecule has 1 saturated heterocycles. The van der Waals surface area contributed by atoms with Crippen LogP contribution in [0.2, 0.25) is 0 Å². The van der Waals surface area contributed by atoms with Crippen molar-refractivity contribution < 1.29 is 27.4 Å². The van der Waals surface area contributed by atoms with E-state index >= 15 is 0 Å². The Bertz CT molecular complexity index is 1170. The second-order valence-electron chi connectivity index (χ2n) is 7.94. The van der Waals surface area contributed by atoms with Gasteiger partial charge >= 0.3 is 6.18 Å². The molecule has 1 aromatic heterocycles. The van der Waals surface area contributed by atoms with Crippen LogP contribution < -0.4 is 10.2 Å². The fourth-order valence-corrected chi connectivity index (χ4v) is 3.99. The van der Waals surface area contributed by atoms with Crippen LogP contribution in [0.25, 0.3) is 11.0 Å². The molecule has 1 fully saturated rings. The first-order chi connectivity index (χ1) is 14.6. The van der Waals surface area contributed by atoms with Crippen LogP contribution in [0.15, 0.2) is 39.5 Å². The first kappa shape index (κ1) is 21.2. The molecule has 1 aliphatic rings. The van der Waals surface area contributed by atoms with E-state index in [-0.39, 0.29) is 34.6 Å². The van der Waals surface area contributed by atoms with E-state index in [2.05, 4.69) is 0 Å². The molecule has 1 aliphatic heterocycles. The molecular weight excluding hydrogens is 411 g/mol. The maximum absolute atomic E-state index is 13.9. The molecule has 2 aromatic carbocycles. The number of nitrogens with zero attached hydrogens (tertiary/aromatic N) is 1. The molecular formula is C23H22F3NO4. The number of aromatic hydroxyl groups is 1. The maximum atomic E-state index is 13.9. The zero-order chi connectivity index (χ0) is 22.3. The van der Waals surface area contributed by atoms with E-state index in [0.29, 0.717) is 0 Å². The summed E-state index contributed by atoms with van der Waals surface area (Å²) < 4.78 is 52.3. The van der Waals surface area contributed by atoms with Gasteiger partial charge in [0.2, 0.25) is 11.2 Å². The van der Waals surface area contributed by atoms with Crippen molar-refractivity contribution in [2.75, 3.05) is 13.1 Å². The number of halogens is 3. The van der Waals surface area contributed by atoms with E-state index in [4.69, 9.17) is 9.15 Å². The van der Waals surface area contributed by atoms with Gasteiger partial charge in [-0.1, -0.05) is 6.07 Å². The summed E-state index contributed by atoms with van der Waals surface area (Å²) in [7, 11) is 0. The Labute approximate surface area is 176 Å². The molecule has 0 aliphatic carbocycles. The normalized spacial score (nSPS) is 15.0. The summed E-state index contributed by atoms with van der Waals surface area (Å²) in [6.45, 7) is 5.28. The minimum atomic E-state index is -4.96. The Balaban J connectivity index is 1.91. The number of hydrogen-bond donors (Lipinski definition) is 1. The molecule has 0 bridgehead atoms. The van der Waals surface area contributed by atoms with Gasteiger partial charge in [0.1, 0.15) is 17.1 Å². The lowest BCUT2D eigenvalue weighted by Gasteiger charge is -2.18. The van der Waals surface area contributed by atoms with Crippen molar-refractivity contribution in [1.29, 1.82) is 0 Å². The number of alkyl halides is 3. The van der Waals surface area contributed by atoms with Gasteiger partial charge < -0.3 is 14.3 Å². The number of hydrogen-bond acceptors (Lipinski definition) is 5. The van der Waals surface area contributed by atoms with Crippen molar-refractivity contribution in [3.63, 3.8) is 0 Å². The second kappa shape index (κ2) is 7.92. The Morgan fingerprint density at radius 1 is 1.10 bits per heavy atom. The molecule has 0 unspecified atom stereocenters. The minimum absolute atomic E-state index is 0.0700. The van der Waals surface area contributed by atoms with Gasteiger partial charge in [0.15, 0.2) is 0 Å². The molecule has 2 heterocycles. The fraction of sp³-hybridized carbons (Fsp3) is 0.348. The van der Waals surface area contributed by atoms with E-state index < -0.39 is 23.1 Å². The van der Waals surface area contributed by atoms with Gasteiger partial charge in [-0.15, -0.1) is 0 Å². The van der Waals surface area contributed by atoms with Crippen molar-refractivity contribution in [2.45, 2.75) is 39.4 Å². The minimum Gasteiger partial charge on any atom is -0.507 e. The lowest BCUT2D eigenvalue weighted by Crippen LogP contribution is -2.20. The molecule has 0 amide bonds. The van der Waals surface area contributed by atoms with Crippen LogP contribution in [0, 0.1) is 13.8 Å². The summed E-state index contributed by atoms with van der Waals surface area (Å²) in [4.78, 5) is 15.1. The third-order valence-electron chi connectivity index (χ3n) is 5.35. The molecule has 0 spiro atoms. The average molecular weight is 433 g/mol. The summed E-state index contributed by atoms with van der Waals surface area (Å²) in [6.07, 6.45) is -3.02. The average Bonchev–Trinajstić information content (AvgIpc) is 3.17. The Morgan fingerprint density at radius 2 is 1.74 bits per heavy atom. The van der Waals surface area contributed by atoms with E-state index in [9.17, 15) is 23.1 Å². The highest BCUT2D eigenvalue weighted by molar-refractivity contribution is 5.83. The molecule has 1 N–H and O–H groups in total. The van der Waals surface area contributed by atoms with Gasteiger partial charge in [0.05, 0.1) is 10.9 Å². The van der Waals surface area contributed by atoms with Crippen molar-refractivity contribution in [3.05, 3.63) is 63.0 Å². The highest BCUT2D eigenvalue weighted by Crippen LogP contribution is 2.40. The van der Waals surface area contributed by atoms with Gasteiger partial charge in [-0.3, -0.25) is 9.69 Å². The zero-order valence-electron chi connectivity index (χ0n) is 17.2. The topological polar surface area (TPSA) is 62.9 Å². The predicted octanol–water partition coefficient (Wildman–Crippen LogP) is 5.52. The number of fused-ring (bicyclic) bond motifs is 1. The van der Waals surface area contributed by atoms with E-state index in [0.717, 1.165) is 37.1 Å². The third kappa shape index (κ3) is 4.25. The number of likely N-dealkylation sites (tertiary alicyclic amines) is 1. The van der Waals surface area contributed by atoms with Crippen LogP contribution in [-0.4, -0.2) is 23.1 Å². The summed E-state index contributed by atoms with van der Waals surface area (Å²) in [6, 6.07) is 7.50. The summed E-state index contributed by atoms with van der Waals surface area (Å²) in [5.41, 5.74) is 0.533. The SMILES string of the molecule is Cc1cc(C)cc(Oc2c(C(F)(F)F)oc3c(CN4CCCC4)c(O)ccc3c2=O)c1. The molecule has 164 valence electrons. The van der Waals surface area contributed by atoms with E-state index in [1.165, 1.54) is 12.1 Å². The highest BCUT2D eigenvalue weighted by atomic mass is 19.4. The summed E-state index contributed by atoms with van der Waals surface area (Å²) in [5, 5.41) is 10.2. The summed E-state index contributed by atoms with van der Waals surface area (Å²) in [5.74, 6) is -2.52. The van der Waals surface area contributed by atoms with Crippen molar-refractivity contribution in [1.82, 2.24) is 4.90 Å². The van der Waals surface area contributed by atoms with Crippen molar-refractivity contribution in [3.8, 4) is 17.2 Å². The van der Waals surface area contributed by atoms with Gasteiger partial charge in [-0.2, -0.15) is 13.2 Å². The third-order valence-corrected chi connectivity index (χ3v) is 5.35. The Hall–Kier alpha value is -3.00. The zero-order valence-corrected chi connectivity index (χ0v) is 17.2. The quantitative estimate of drug-likeness (QED) is 0.587. The smallest absolute Gasteiger partial charge is 0.453 e. The van der Waals surface area contributed by atoms with E-state index in [1.807, 2.05) is 11.0 Å². The van der Waals surface area contributed by atoms with Gasteiger partial charge in [0.25, 0.3) is 5.76 Å². The number of phenols is 1. The maximum Gasteiger partial charge on any atom is 0.453 e. The number of benzene rings is 2. The second-order valence-corrected chi connectivity index (χ2v) is 7.94. The van der Waals surface area contributed by atoms with Crippen LogP contribution in [0.1, 0.15) is 35.3 Å². The van der Waals surface area contributed by atoms with Crippen LogP contribution in [0.5, 0.6) is 17.2 Å². The van der Waals surface area contributed by atoms with Crippen LogP contribution in [0.3, 0.4) is 0 Å². The molecule has 4 rings (SSSR count). The van der Waals surface area contributed by atoms with Gasteiger partial charge in [-0.25, -0.2) is 0 Å². The van der Waals surface area contributed by atoms with E-state index in [1.54, 1.807) is 26.0 Å². The highest BCUT2D eigenvalue weighted by Gasteiger charge is 2.41. The molecule has 0 saturated carbocycles. The van der Waals surface area contributed by atoms with Gasteiger partial charge in [-0.05, 0) is 75.2 Å². The first-order valence-corrected chi connectivity index (χ1v) is 10.0. The predicted molar refractivity (Wildman–Crippen MR) is 110 cm³/mol.